The number of rotatable bonds is 6. The molecule has 0 fully saturated rings. The van der Waals surface area contributed by atoms with Crippen LogP contribution < -0.4 is 11.3 Å². The summed E-state index contributed by atoms with van der Waals surface area (Å²) in [5, 5.41) is 12.9. The predicted molar refractivity (Wildman–Crippen MR) is 85.2 cm³/mol. The van der Waals surface area contributed by atoms with Crippen LogP contribution in [0.25, 0.3) is 11.3 Å². The number of anilines is 1. The number of Topliss-reactive ketones (excluding diaryl/α,β-unsaturated/α-hetero) is 1. The van der Waals surface area contributed by atoms with Crippen molar-refractivity contribution in [1.29, 1.82) is 0 Å². The van der Waals surface area contributed by atoms with Crippen LogP contribution in [0.15, 0.2) is 35.1 Å². The van der Waals surface area contributed by atoms with E-state index in [-0.39, 0.29) is 36.4 Å². The maximum Gasteiger partial charge on any atom is 0.303 e. The molecular formula is C16H17N3O4. The van der Waals surface area contributed by atoms with Gasteiger partial charge in [-0.1, -0.05) is 30.3 Å². The second kappa shape index (κ2) is 6.87. The molecule has 0 spiro atoms. The lowest BCUT2D eigenvalue weighted by molar-refractivity contribution is -0.137. The van der Waals surface area contributed by atoms with Crippen LogP contribution in [-0.4, -0.2) is 26.6 Å². The van der Waals surface area contributed by atoms with Crippen LogP contribution in [0, 0.1) is 0 Å². The second-order valence-electron chi connectivity index (χ2n) is 5.09. The van der Waals surface area contributed by atoms with Gasteiger partial charge in [0, 0.05) is 18.5 Å². The highest BCUT2D eigenvalue weighted by Crippen LogP contribution is 2.23. The van der Waals surface area contributed by atoms with Gasteiger partial charge in [-0.15, -0.1) is 0 Å². The summed E-state index contributed by atoms with van der Waals surface area (Å²) < 4.78 is 1.12. The first kappa shape index (κ1) is 16.4. The Bertz CT molecular complexity index is 797. The number of aryl methyl sites for hydroxylation is 1. The van der Waals surface area contributed by atoms with Crippen LogP contribution in [0.4, 0.5) is 5.69 Å². The lowest BCUT2D eigenvalue weighted by Gasteiger charge is -2.13. The molecule has 0 aliphatic heterocycles. The van der Waals surface area contributed by atoms with Crippen LogP contribution >= 0.6 is 0 Å². The molecule has 2 rings (SSSR count). The molecule has 0 atom stereocenters. The summed E-state index contributed by atoms with van der Waals surface area (Å²) in [4.78, 5) is 34.7. The van der Waals surface area contributed by atoms with Gasteiger partial charge in [0.25, 0.3) is 5.56 Å². The first-order valence-corrected chi connectivity index (χ1v) is 7.10. The maximum atomic E-state index is 12.2. The van der Waals surface area contributed by atoms with Gasteiger partial charge in [0.05, 0.1) is 5.56 Å². The third-order valence-electron chi connectivity index (χ3n) is 3.35. The Morgan fingerprint density at radius 3 is 2.48 bits per heavy atom. The smallest absolute Gasteiger partial charge is 0.303 e. The number of benzene rings is 1. The Balaban J connectivity index is 2.55. The zero-order chi connectivity index (χ0) is 17.0. The van der Waals surface area contributed by atoms with Gasteiger partial charge in [-0.2, -0.15) is 5.10 Å². The van der Waals surface area contributed by atoms with E-state index in [4.69, 9.17) is 10.8 Å². The lowest BCUT2D eigenvalue weighted by Crippen LogP contribution is -2.29. The lowest BCUT2D eigenvalue weighted by atomic mass is 10.0. The van der Waals surface area contributed by atoms with E-state index in [0.29, 0.717) is 11.3 Å². The van der Waals surface area contributed by atoms with E-state index >= 15 is 0 Å². The number of carbonyl (C=O) groups excluding carboxylic acids is 1. The molecule has 120 valence electrons. The summed E-state index contributed by atoms with van der Waals surface area (Å²) in [6, 6.07) is 8.93. The number of hydrogen-bond acceptors (Lipinski definition) is 5. The zero-order valence-electron chi connectivity index (χ0n) is 12.7. The Morgan fingerprint density at radius 2 is 1.91 bits per heavy atom. The second-order valence-corrected chi connectivity index (χ2v) is 5.09. The number of carboxylic acid groups (broad SMARTS) is 1. The van der Waals surface area contributed by atoms with Crippen LogP contribution in [0.5, 0.6) is 0 Å². The van der Waals surface area contributed by atoms with Crippen LogP contribution in [0.1, 0.15) is 30.1 Å². The fourth-order valence-electron chi connectivity index (χ4n) is 2.28. The van der Waals surface area contributed by atoms with Gasteiger partial charge >= 0.3 is 5.97 Å². The van der Waals surface area contributed by atoms with Gasteiger partial charge in [-0.25, -0.2) is 4.68 Å². The molecule has 2 aromatic rings. The summed E-state index contributed by atoms with van der Waals surface area (Å²) in [6.07, 6.45) is 0.165. The number of nitrogen functional groups attached to an aromatic ring is 1. The normalized spacial score (nSPS) is 10.5. The number of nitrogens with zero attached hydrogens (tertiary/aromatic N) is 2. The van der Waals surface area contributed by atoms with Gasteiger partial charge < -0.3 is 10.8 Å². The van der Waals surface area contributed by atoms with E-state index in [2.05, 4.69) is 5.10 Å². The maximum absolute atomic E-state index is 12.2. The largest absolute Gasteiger partial charge is 0.481 e. The number of carboxylic acids is 1. The number of aromatic nitrogens is 2. The number of ketones is 1. The molecule has 7 nitrogen and oxygen atoms in total. The minimum atomic E-state index is -0.949. The molecule has 1 aromatic carbocycles. The first-order chi connectivity index (χ1) is 10.9. The Kier molecular flexibility index (Phi) is 4.90. The molecule has 0 amide bonds. The van der Waals surface area contributed by atoms with Gasteiger partial charge in [0.1, 0.15) is 11.4 Å². The van der Waals surface area contributed by atoms with Gasteiger partial charge in [-0.3, -0.25) is 14.4 Å². The van der Waals surface area contributed by atoms with Gasteiger partial charge in [0.2, 0.25) is 0 Å². The van der Waals surface area contributed by atoms with Crippen molar-refractivity contribution in [3.63, 3.8) is 0 Å². The minimum Gasteiger partial charge on any atom is -0.481 e. The molecule has 0 aliphatic rings. The standard InChI is InChI=1S/C16H17N3O4/c1-10(20)13-14(17)16(23)19(9-5-8-12(21)22)18-15(13)11-6-3-2-4-7-11/h2-4,6-7H,5,8-9,17H2,1H3,(H,21,22). The average Bonchev–Trinajstić information content (AvgIpc) is 2.51. The molecule has 0 unspecified atom stereocenters. The summed E-state index contributed by atoms with van der Waals surface area (Å²) in [6.45, 7) is 1.45. The van der Waals surface area contributed by atoms with E-state index in [9.17, 15) is 14.4 Å². The van der Waals surface area contributed by atoms with Gasteiger partial charge in [-0.05, 0) is 13.3 Å². The summed E-state index contributed by atoms with van der Waals surface area (Å²) in [5.41, 5.74) is 6.18. The van der Waals surface area contributed by atoms with Crippen LogP contribution in [-0.2, 0) is 11.3 Å². The Morgan fingerprint density at radius 1 is 1.26 bits per heavy atom. The summed E-state index contributed by atoms with van der Waals surface area (Å²) >= 11 is 0. The first-order valence-electron chi connectivity index (χ1n) is 7.10. The SMILES string of the molecule is CC(=O)c1c(-c2ccccc2)nn(CCCC(=O)O)c(=O)c1N. The van der Waals surface area contributed by atoms with E-state index in [1.807, 2.05) is 6.07 Å². The quantitative estimate of drug-likeness (QED) is 0.782. The topological polar surface area (TPSA) is 115 Å². The molecule has 23 heavy (non-hydrogen) atoms. The highest BCUT2D eigenvalue weighted by molar-refractivity contribution is 6.04. The van der Waals surface area contributed by atoms with Crippen molar-refractivity contribution in [3.8, 4) is 11.3 Å². The predicted octanol–water partition coefficient (Wildman–Crippen LogP) is 1.56. The molecule has 0 saturated heterocycles. The molecule has 3 N–H and O–H groups in total. The van der Waals surface area contributed by atoms with Crippen molar-refractivity contribution in [3.05, 3.63) is 46.2 Å². The fourth-order valence-corrected chi connectivity index (χ4v) is 2.28. The molecular weight excluding hydrogens is 298 g/mol. The van der Waals surface area contributed by atoms with Crippen LogP contribution in [0.2, 0.25) is 0 Å². The fraction of sp³-hybridized carbons (Fsp3) is 0.250. The van der Waals surface area contributed by atoms with E-state index < -0.39 is 11.5 Å². The van der Waals surface area contributed by atoms with Crippen LogP contribution in [0.3, 0.4) is 0 Å². The minimum absolute atomic E-state index is 0.0802. The molecule has 0 radical (unpaired) electrons. The monoisotopic (exact) mass is 315 g/mol. The average molecular weight is 315 g/mol. The molecule has 1 heterocycles. The number of carbonyl (C=O) groups is 2. The van der Waals surface area contributed by atoms with E-state index in [0.717, 1.165) is 4.68 Å². The molecule has 0 aliphatic carbocycles. The molecule has 1 aromatic heterocycles. The zero-order valence-corrected chi connectivity index (χ0v) is 12.7. The van der Waals surface area contributed by atoms with Gasteiger partial charge in [0.15, 0.2) is 5.78 Å². The third-order valence-corrected chi connectivity index (χ3v) is 3.35. The van der Waals surface area contributed by atoms with Crippen molar-refractivity contribution >= 4 is 17.4 Å². The third kappa shape index (κ3) is 3.63. The number of nitrogens with two attached hydrogens (primary N) is 1. The molecule has 0 bridgehead atoms. The van der Waals surface area contributed by atoms with Crippen molar-refractivity contribution in [2.75, 3.05) is 5.73 Å². The van der Waals surface area contributed by atoms with Crippen molar-refractivity contribution < 1.29 is 14.7 Å². The summed E-state index contributed by atoms with van der Waals surface area (Å²) in [7, 11) is 0. The molecule has 7 heteroatoms. The highest BCUT2D eigenvalue weighted by atomic mass is 16.4. The van der Waals surface area contributed by atoms with Crippen molar-refractivity contribution in [2.24, 2.45) is 0 Å². The summed E-state index contributed by atoms with van der Waals surface area (Å²) in [5.74, 6) is -1.29. The van der Waals surface area contributed by atoms with E-state index in [1.165, 1.54) is 6.92 Å². The number of hydrogen-bond donors (Lipinski definition) is 2. The number of aliphatic carboxylic acids is 1. The van der Waals surface area contributed by atoms with Crippen molar-refractivity contribution in [1.82, 2.24) is 9.78 Å². The highest BCUT2D eigenvalue weighted by Gasteiger charge is 2.19. The Hall–Kier alpha value is -2.96. The van der Waals surface area contributed by atoms with E-state index in [1.54, 1.807) is 24.3 Å². The van der Waals surface area contributed by atoms with Crippen molar-refractivity contribution in [2.45, 2.75) is 26.3 Å². The Labute approximate surface area is 132 Å². The molecule has 0 saturated carbocycles.